The maximum atomic E-state index is 11.9. The van der Waals surface area contributed by atoms with Crippen molar-refractivity contribution < 1.29 is 13.2 Å². The Morgan fingerprint density at radius 3 is 2.64 bits per heavy atom. The summed E-state index contributed by atoms with van der Waals surface area (Å²) in [7, 11) is 0. The molecule has 0 radical (unpaired) electrons. The summed E-state index contributed by atoms with van der Waals surface area (Å²) in [6.07, 6.45) is -1.54. The Bertz CT molecular complexity index is 167. The Balaban J connectivity index is 2.12. The second kappa shape index (κ2) is 5.01. The summed E-state index contributed by atoms with van der Waals surface area (Å²) in [6, 6.07) is 0.307. The lowest BCUT2D eigenvalue weighted by atomic mass is 9.91. The molecule has 0 saturated carbocycles. The SMILES string of the molecule is CC1CCNC(CCCC(F)(F)F)C1. The molecule has 0 aromatic carbocycles. The van der Waals surface area contributed by atoms with Crippen LogP contribution in [0.3, 0.4) is 0 Å². The first kappa shape index (κ1) is 11.8. The average Bonchev–Trinajstić information content (AvgIpc) is 2.01. The minimum Gasteiger partial charge on any atom is -0.314 e. The van der Waals surface area contributed by atoms with Crippen molar-refractivity contribution in [2.45, 2.75) is 51.2 Å². The molecule has 1 saturated heterocycles. The normalized spacial score (nSPS) is 29.1. The van der Waals surface area contributed by atoms with Gasteiger partial charge < -0.3 is 5.32 Å². The van der Waals surface area contributed by atoms with Crippen LogP contribution in [0.5, 0.6) is 0 Å². The molecule has 0 aromatic rings. The summed E-state index contributed by atoms with van der Waals surface area (Å²) < 4.78 is 35.6. The maximum Gasteiger partial charge on any atom is 0.389 e. The molecular formula is C10H18F3N. The molecule has 1 aliphatic heterocycles. The van der Waals surface area contributed by atoms with Gasteiger partial charge in [0.25, 0.3) is 0 Å². The van der Waals surface area contributed by atoms with Crippen molar-refractivity contribution in [1.82, 2.24) is 5.32 Å². The van der Waals surface area contributed by atoms with E-state index in [9.17, 15) is 13.2 Å². The van der Waals surface area contributed by atoms with E-state index in [1.807, 2.05) is 0 Å². The van der Waals surface area contributed by atoms with Crippen LogP contribution >= 0.6 is 0 Å². The molecule has 2 unspecified atom stereocenters. The molecule has 0 aromatic heterocycles. The number of hydrogen-bond acceptors (Lipinski definition) is 1. The molecule has 4 heteroatoms. The highest BCUT2D eigenvalue weighted by Crippen LogP contribution is 2.25. The Kier molecular flexibility index (Phi) is 4.23. The molecule has 1 heterocycles. The predicted octanol–water partition coefficient (Wildman–Crippen LogP) is 3.11. The fourth-order valence-corrected chi connectivity index (χ4v) is 1.99. The van der Waals surface area contributed by atoms with E-state index in [1.165, 1.54) is 0 Å². The smallest absolute Gasteiger partial charge is 0.314 e. The van der Waals surface area contributed by atoms with E-state index in [2.05, 4.69) is 12.2 Å². The van der Waals surface area contributed by atoms with Gasteiger partial charge in [-0.2, -0.15) is 13.2 Å². The van der Waals surface area contributed by atoms with Gasteiger partial charge in [0.05, 0.1) is 0 Å². The molecule has 0 amide bonds. The summed E-state index contributed by atoms with van der Waals surface area (Å²) in [5.41, 5.74) is 0. The molecule has 1 aliphatic rings. The molecule has 0 aliphatic carbocycles. The van der Waals surface area contributed by atoms with Crippen molar-refractivity contribution >= 4 is 0 Å². The second-order valence-corrected chi connectivity index (χ2v) is 4.29. The molecule has 84 valence electrons. The number of piperidine rings is 1. The van der Waals surface area contributed by atoms with Gasteiger partial charge >= 0.3 is 6.18 Å². The van der Waals surface area contributed by atoms with E-state index < -0.39 is 12.6 Å². The molecule has 1 N–H and O–H groups in total. The minimum atomic E-state index is -3.99. The van der Waals surface area contributed by atoms with Gasteiger partial charge in [-0.15, -0.1) is 0 Å². The van der Waals surface area contributed by atoms with Crippen LogP contribution in [0.2, 0.25) is 0 Å². The zero-order valence-corrected chi connectivity index (χ0v) is 8.53. The van der Waals surface area contributed by atoms with E-state index in [1.54, 1.807) is 0 Å². The molecule has 1 nitrogen and oxygen atoms in total. The predicted molar refractivity (Wildman–Crippen MR) is 50.1 cm³/mol. The monoisotopic (exact) mass is 209 g/mol. The zero-order chi connectivity index (χ0) is 10.6. The van der Waals surface area contributed by atoms with Crippen molar-refractivity contribution in [2.75, 3.05) is 6.54 Å². The molecule has 0 bridgehead atoms. The van der Waals surface area contributed by atoms with E-state index in [4.69, 9.17) is 0 Å². The van der Waals surface area contributed by atoms with Crippen LogP contribution in [0.4, 0.5) is 13.2 Å². The number of rotatable bonds is 3. The maximum absolute atomic E-state index is 11.9. The highest BCUT2D eigenvalue weighted by molar-refractivity contribution is 4.76. The number of nitrogens with one attached hydrogen (secondary N) is 1. The third-order valence-electron chi connectivity index (χ3n) is 2.77. The highest BCUT2D eigenvalue weighted by atomic mass is 19.4. The Morgan fingerprint density at radius 2 is 2.07 bits per heavy atom. The van der Waals surface area contributed by atoms with E-state index in [-0.39, 0.29) is 6.42 Å². The van der Waals surface area contributed by atoms with Crippen molar-refractivity contribution in [3.63, 3.8) is 0 Å². The van der Waals surface area contributed by atoms with Gasteiger partial charge in [0.2, 0.25) is 0 Å². The summed E-state index contributed by atoms with van der Waals surface area (Å²) >= 11 is 0. The third-order valence-corrected chi connectivity index (χ3v) is 2.77. The van der Waals surface area contributed by atoms with Crippen LogP contribution in [0.1, 0.15) is 39.0 Å². The summed E-state index contributed by atoms with van der Waals surface area (Å²) in [5.74, 6) is 0.659. The molecule has 14 heavy (non-hydrogen) atoms. The van der Waals surface area contributed by atoms with E-state index in [0.29, 0.717) is 18.4 Å². The summed E-state index contributed by atoms with van der Waals surface area (Å²) in [4.78, 5) is 0. The number of alkyl halides is 3. The molecule has 1 rings (SSSR count). The van der Waals surface area contributed by atoms with Crippen molar-refractivity contribution in [1.29, 1.82) is 0 Å². The Hall–Kier alpha value is -0.250. The topological polar surface area (TPSA) is 12.0 Å². The minimum absolute atomic E-state index is 0.258. The molecule has 1 fully saturated rings. The van der Waals surface area contributed by atoms with Gasteiger partial charge in [-0.25, -0.2) is 0 Å². The summed E-state index contributed by atoms with van der Waals surface area (Å²) in [5, 5.41) is 3.27. The number of hydrogen-bond donors (Lipinski definition) is 1. The van der Waals surface area contributed by atoms with Crippen LogP contribution in [0, 0.1) is 5.92 Å². The molecule has 2 atom stereocenters. The average molecular weight is 209 g/mol. The molecular weight excluding hydrogens is 191 g/mol. The van der Waals surface area contributed by atoms with Crippen LogP contribution in [0.25, 0.3) is 0 Å². The first-order chi connectivity index (χ1) is 6.47. The highest BCUT2D eigenvalue weighted by Gasteiger charge is 2.27. The Labute approximate surface area is 83.1 Å². The van der Waals surface area contributed by atoms with E-state index >= 15 is 0 Å². The van der Waals surface area contributed by atoms with Crippen LogP contribution in [0.15, 0.2) is 0 Å². The quantitative estimate of drug-likeness (QED) is 0.753. The fourth-order valence-electron chi connectivity index (χ4n) is 1.99. The zero-order valence-electron chi connectivity index (χ0n) is 8.53. The lowest BCUT2D eigenvalue weighted by Crippen LogP contribution is -2.37. The lowest BCUT2D eigenvalue weighted by molar-refractivity contribution is -0.135. The first-order valence-corrected chi connectivity index (χ1v) is 5.27. The standard InChI is InChI=1S/C10H18F3N/c1-8-4-6-14-9(7-8)3-2-5-10(11,12)13/h8-9,14H,2-7H2,1H3. The Morgan fingerprint density at radius 1 is 1.36 bits per heavy atom. The van der Waals surface area contributed by atoms with Gasteiger partial charge in [-0.05, 0) is 38.1 Å². The van der Waals surface area contributed by atoms with Gasteiger partial charge in [-0.3, -0.25) is 0 Å². The second-order valence-electron chi connectivity index (χ2n) is 4.29. The lowest BCUT2D eigenvalue weighted by Gasteiger charge is -2.28. The first-order valence-electron chi connectivity index (χ1n) is 5.27. The van der Waals surface area contributed by atoms with Gasteiger partial charge in [-0.1, -0.05) is 6.92 Å². The van der Waals surface area contributed by atoms with Crippen molar-refractivity contribution in [2.24, 2.45) is 5.92 Å². The molecule has 0 spiro atoms. The summed E-state index contributed by atoms with van der Waals surface area (Å²) in [6.45, 7) is 3.12. The van der Waals surface area contributed by atoms with Gasteiger partial charge in [0.15, 0.2) is 0 Å². The third kappa shape index (κ3) is 4.84. The fraction of sp³-hybridized carbons (Fsp3) is 1.00. The van der Waals surface area contributed by atoms with Crippen LogP contribution < -0.4 is 5.32 Å². The van der Waals surface area contributed by atoms with Crippen molar-refractivity contribution in [3.05, 3.63) is 0 Å². The number of halogens is 3. The van der Waals surface area contributed by atoms with E-state index in [0.717, 1.165) is 19.4 Å². The largest absolute Gasteiger partial charge is 0.389 e. The van der Waals surface area contributed by atoms with Gasteiger partial charge in [0.1, 0.15) is 0 Å². The van der Waals surface area contributed by atoms with Crippen LogP contribution in [-0.4, -0.2) is 18.8 Å². The van der Waals surface area contributed by atoms with Crippen LogP contribution in [-0.2, 0) is 0 Å². The van der Waals surface area contributed by atoms with Gasteiger partial charge in [0, 0.05) is 12.5 Å². The van der Waals surface area contributed by atoms with Crippen molar-refractivity contribution in [3.8, 4) is 0 Å².